The minimum Gasteiger partial charge on any atom is -0.0808 e. The SMILES string of the molecule is C1=CCC=C1.C1=CCC=C1.Cc1ccccc1C. The smallest absolute Gasteiger partial charge is 0.0163 e. The zero-order chi connectivity index (χ0) is 13.1. The van der Waals surface area contributed by atoms with Crippen LogP contribution >= 0.6 is 0 Å². The van der Waals surface area contributed by atoms with Crippen molar-refractivity contribution in [1.82, 2.24) is 0 Å². The van der Waals surface area contributed by atoms with E-state index in [9.17, 15) is 0 Å². The minimum absolute atomic E-state index is 1.14. The monoisotopic (exact) mass is 238 g/mol. The maximum atomic E-state index is 2.12. The topological polar surface area (TPSA) is 0 Å². The predicted molar refractivity (Wildman–Crippen MR) is 81.7 cm³/mol. The van der Waals surface area contributed by atoms with Gasteiger partial charge in [0.1, 0.15) is 0 Å². The molecule has 0 unspecified atom stereocenters. The van der Waals surface area contributed by atoms with Crippen molar-refractivity contribution in [2.75, 3.05) is 0 Å². The van der Waals surface area contributed by atoms with E-state index in [0.717, 1.165) is 12.8 Å². The van der Waals surface area contributed by atoms with Crippen molar-refractivity contribution in [2.24, 2.45) is 0 Å². The summed E-state index contributed by atoms with van der Waals surface area (Å²) < 4.78 is 0. The molecule has 0 saturated carbocycles. The number of aryl methyl sites for hydroxylation is 2. The van der Waals surface area contributed by atoms with Crippen LogP contribution < -0.4 is 0 Å². The Morgan fingerprint density at radius 1 is 0.611 bits per heavy atom. The predicted octanol–water partition coefficient (Wildman–Crippen LogP) is 5.31. The van der Waals surface area contributed by atoms with Crippen molar-refractivity contribution in [3.05, 3.63) is 84.0 Å². The molecule has 2 aliphatic rings. The number of hydrogen-bond donors (Lipinski definition) is 0. The van der Waals surface area contributed by atoms with Crippen molar-refractivity contribution >= 4 is 0 Å². The highest BCUT2D eigenvalue weighted by Crippen LogP contribution is 2.02. The molecule has 0 heteroatoms. The molecule has 0 nitrogen and oxygen atoms in total. The third-order valence-electron chi connectivity index (χ3n) is 2.74. The van der Waals surface area contributed by atoms with Crippen LogP contribution in [-0.2, 0) is 0 Å². The van der Waals surface area contributed by atoms with E-state index >= 15 is 0 Å². The maximum Gasteiger partial charge on any atom is -0.0163 e. The first-order chi connectivity index (χ1) is 8.80. The van der Waals surface area contributed by atoms with Gasteiger partial charge in [-0.3, -0.25) is 0 Å². The number of rotatable bonds is 0. The van der Waals surface area contributed by atoms with Crippen LogP contribution in [0.4, 0.5) is 0 Å². The molecule has 0 fully saturated rings. The van der Waals surface area contributed by atoms with Gasteiger partial charge < -0.3 is 0 Å². The van der Waals surface area contributed by atoms with Gasteiger partial charge in [0.05, 0.1) is 0 Å². The Morgan fingerprint density at radius 2 is 0.944 bits per heavy atom. The molecule has 0 radical (unpaired) electrons. The first-order valence-electron chi connectivity index (χ1n) is 6.46. The van der Waals surface area contributed by atoms with Crippen molar-refractivity contribution < 1.29 is 0 Å². The largest absolute Gasteiger partial charge is 0.0808 e. The quantitative estimate of drug-likeness (QED) is 0.574. The summed E-state index contributed by atoms with van der Waals surface area (Å²) in [5.41, 5.74) is 2.74. The fourth-order valence-electron chi connectivity index (χ4n) is 1.45. The lowest BCUT2D eigenvalue weighted by molar-refractivity contribution is 1.34. The van der Waals surface area contributed by atoms with Gasteiger partial charge in [-0.2, -0.15) is 0 Å². The fraction of sp³-hybridized carbons (Fsp3) is 0.222. The molecule has 1 aromatic rings. The normalized spacial score (nSPS) is 13.9. The lowest BCUT2D eigenvalue weighted by atomic mass is 10.1. The van der Waals surface area contributed by atoms with Crippen LogP contribution in [0.3, 0.4) is 0 Å². The molecule has 94 valence electrons. The molecular weight excluding hydrogens is 216 g/mol. The second kappa shape index (κ2) is 9.23. The number of benzene rings is 1. The first kappa shape index (κ1) is 14.2. The maximum absolute atomic E-state index is 2.12. The van der Waals surface area contributed by atoms with E-state index in [1.54, 1.807) is 0 Å². The molecule has 0 bridgehead atoms. The van der Waals surface area contributed by atoms with Crippen LogP contribution in [0.5, 0.6) is 0 Å². The molecule has 0 amide bonds. The van der Waals surface area contributed by atoms with Gasteiger partial charge in [-0.1, -0.05) is 72.9 Å². The molecule has 0 aromatic heterocycles. The lowest BCUT2D eigenvalue weighted by Gasteiger charge is -1.93. The third-order valence-corrected chi connectivity index (χ3v) is 2.74. The van der Waals surface area contributed by atoms with E-state index in [1.807, 2.05) is 0 Å². The summed E-state index contributed by atoms with van der Waals surface area (Å²) >= 11 is 0. The molecule has 2 aliphatic carbocycles. The Kier molecular flexibility index (Phi) is 7.31. The Labute approximate surface area is 111 Å². The second-order valence-corrected chi connectivity index (χ2v) is 4.27. The van der Waals surface area contributed by atoms with Crippen LogP contribution in [-0.4, -0.2) is 0 Å². The summed E-state index contributed by atoms with van der Waals surface area (Å²) in [6.45, 7) is 4.24. The van der Waals surface area contributed by atoms with Crippen LogP contribution in [0.2, 0.25) is 0 Å². The summed E-state index contributed by atoms with van der Waals surface area (Å²) in [7, 11) is 0. The molecule has 0 heterocycles. The summed E-state index contributed by atoms with van der Waals surface area (Å²) in [6, 6.07) is 8.36. The molecular formula is C18H22. The fourth-order valence-corrected chi connectivity index (χ4v) is 1.45. The van der Waals surface area contributed by atoms with Gasteiger partial charge in [0.2, 0.25) is 0 Å². The van der Waals surface area contributed by atoms with E-state index in [0.29, 0.717) is 0 Å². The Bertz CT molecular complexity index is 382. The zero-order valence-electron chi connectivity index (χ0n) is 11.3. The highest BCUT2D eigenvalue weighted by Gasteiger charge is 1.83. The molecule has 3 rings (SSSR count). The molecule has 0 atom stereocenters. The minimum atomic E-state index is 1.14. The third kappa shape index (κ3) is 6.70. The van der Waals surface area contributed by atoms with Gasteiger partial charge in [0.15, 0.2) is 0 Å². The molecule has 0 saturated heterocycles. The highest BCUT2D eigenvalue weighted by atomic mass is 13.9. The van der Waals surface area contributed by atoms with Gasteiger partial charge in [0.25, 0.3) is 0 Å². The highest BCUT2D eigenvalue weighted by molar-refractivity contribution is 5.23. The molecule has 0 N–H and O–H groups in total. The zero-order valence-corrected chi connectivity index (χ0v) is 11.3. The summed E-state index contributed by atoms with van der Waals surface area (Å²) in [6.07, 6.45) is 19.0. The van der Waals surface area contributed by atoms with Gasteiger partial charge in [-0.05, 0) is 37.8 Å². The van der Waals surface area contributed by atoms with Crippen LogP contribution in [0, 0.1) is 13.8 Å². The van der Waals surface area contributed by atoms with Gasteiger partial charge in [-0.15, -0.1) is 0 Å². The van der Waals surface area contributed by atoms with Crippen LogP contribution in [0.15, 0.2) is 72.9 Å². The van der Waals surface area contributed by atoms with E-state index < -0.39 is 0 Å². The Hall–Kier alpha value is -1.82. The van der Waals surface area contributed by atoms with Gasteiger partial charge >= 0.3 is 0 Å². The number of hydrogen-bond acceptors (Lipinski definition) is 0. The van der Waals surface area contributed by atoms with E-state index in [1.165, 1.54) is 11.1 Å². The van der Waals surface area contributed by atoms with Gasteiger partial charge in [0, 0.05) is 0 Å². The van der Waals surface area contributed by atoms with Crippen LogP contribution in [0.1, 0.15) is 24.0 Å². The molecule has 0 spiro atoms. The Balaban J connectivity index is 0.000000141. The Morgan fingerprint density at radius 3 is 1.11 bits per heavy atom. The van der Waals surface area contributed by atoms with Crippen molar-refractivity contribution in [1.29, 1.82) is 0 Å². The van der Waals surface area contributed by atoms with E-state index in [4.69, 9.17) is 0 Å². The summed E-state index contributed by atoms with van der Waals surface area (Å²) in [4.78, 5) is 0. The summed E-state index contributed by atoms with van der Waals surface area (Å²) in [5, 5.41) is 0. The first-order valence-corrected chi connectivity index (χ1v) is 6.46. The van der Waals surface area contributed by atoms with Crippen molar-refractivity contribution in [3.8, 4) is 0 Å². The standard InChI is InChI=1S/C8H10.2C5H6/c1-7-5-3-4-6-8(7)2;2*1-2-4-5-3-1/h3-6H,1-2H3;2*1-4H,5H2. The van der Waals surface area contributed by atoms with E-state index in [-0.39, 0.29) is 0 Å². The molecule has 18 heavy (non-hydrogen) atoms. The van der Waals surface area contributed by atoms with Crippen LogP contribution in [0.25, 0.3) is 0 Å². The average Bonchev–Trinajstić information content (AvgIpc) is 3.11. The van der Waals surface area contributed by atoms with Gasteiger partial charge in [-0.25, -0.2) is 0 Å². The molecule has 1 aromatic carbocycles. The van der Waals surface area contributed by atoms with Crippen molar-refractivity contribution in [3.63, 3.8) is 0 Å². The molecule has 0 aliphatic heterocycles. The van der Waals surface area contributed by atoms with Crippen molar-refractivity contribution in [2.45, 2.75) is 26.7 Å². The van der Waals surface area contributed by atoms with E-state index in [2.05, 4.69) is 86.7 Å². The average molecular weight is 238 g/mol. The lowest BCUT2D eigenvalue weighted by Crippen LogP contribution is -1.74. The summed E-state index contributed by atoms with van der Waals surface area (Å²) in [5.74, 6) is 0. The second-order valence-electron chi connectivity index (χ2n) is 4.27. The number of allylic oxidation sites excluding steroid dienone is 8.